The molecule has 0 saturated heterocycles. The van der Waals surface area contributed by atoms with Gasteiger partial charge in [-0.2, -0.15) is 5.10 Å². The number of para-hydroxylation sites is 1. The average molecular weight is 299 g/mol. The van der Waals surface area contributed by atoms with Crippen molar-refractivity contribution >= 4 is 0 Å². The van der Waals surface area contributed by atoms with Crippen LogP contribution in [0.2, 0.25) is 0 Å². The maximum Gasteiger partial charge on any atom is 0.124 e. The van der Waals surface area contributed by atoms with Crippen molar-refractivity contribution in [2.24, 2.45) is 7.05 Å². The number of rotatable bonds is 5. The smallest absolute Gasteiger partial charge is 0.124 e. The standard InChI is InChI=1S/C18H25N3O/c1-3-4-8-17-14-21(12-15-10-19-20(2)11-15)13-16-7-5-6-9-18(16)22-17/h5-7,9-11,17H,3-4,8,12-14H2,1-2H3. The van der Waals surface area contributed by atoms with Gasteiger partial charge in [0.25, 0.3) is 0 Å². The number of aryl methyl sites for hydroxylation is 1. The molecule has 0 aliphatic carbocycles. The molecule has 3 rings (SSSR count). The van der Waals surface area contributed by atoms with Crippen molar-refractivity contribution in [3.8, 4) is 5.75 Å². The number of hydrogen-bond donors (Lipinski definition) is 0. The molecule has 1 aromatic heterocycles. The third-order valence-electron chi connectivity index (χ3n) is 4.17. The molecular weight excluding hydrogens is 274 g/mol. The maximum atomic E-state index is 6.27. The van der Waals surface area contributed by atoms with Gasteiger partial charge < -0.3 is 4.74 Å². The summed E-state index contributed by atoms with van der Waals surface area (Å²) < 4.78 is 8.14. The molecule has 0 N–H and O–H groups in total. The first-order valence-electron chi connectivity index (χ1n) is 8.19. The molecule has 4 heteroatoms. The van der Waals surface area contributed by atoms with Crippen LogP contribution in [-0.2, 0) is 20.1 Å². The Kier molecular flexibility index (Phi) is 4.78. The van der Waals surface area contributed by atoms with Gasteiger partial charge in [-0.1, -0.05) is 31.5 Å². The van der Waals surface area contributed by atoms with E-state index in [4.69, 9.17) is 4.74 Å². The van der Waals surface area contributed by atoms with Crippen LogP contribution in [0.4, 0.5) is 0 Å². The number of nitrogens with zero attached hydrogens (tertiary/aromatic N) is 3. The molecule has 2 aromatic rings. The zero-order valence-corrected chi connectivity index (χ0v) is 13.5. The lowest BCUT2D eigenvalue weighted by molar-refractivity contribution is 0.133. The van der Waals surface area contributed by atoms with Crippen molar-refractivity contribution in [1.29, 1.82) is 0 Å². The van der Waals surface area contributed by atoms with E-state index in [1.54, 1.807) is 0 Å². The van der Waals surface area contributed by atoms with Crippen molar-refractivity contribution < 1.29 is 4.74 Å². The van der Waals surface area contributed by atoms with Crippen molar-refractivity contribution in [3.63, 3.8) is 0 Å². The molecule has 4 nitrogen and oxygen atoms in total. The Balaban J connectivity index is 1.77. The number of benzene rings is 1. The molecule has 0 radical (unpaired) electrons. The number of ether oxygens (including phenoxy) is 1. The number of fused-ring (bicyclic) bond motifs is 1. The Morgan fingerprint density at radius 1 is 1.32 bits per heavy atom. The molecule has 0 fully saturated rings. The highest BCUT2D eigenvalue weighted by atomic mass is 16.5. The van der Waals surface area contributed by atoms with Gasteiger partial charge in [-0.05, 0) is 18.9 Å². The fourth-order valence-corrected chi connectivity index (χ4v) is 3.07. The molecule has 1 aromatic carbocycles. The molecule has 118 valence electrons. The SMILES string of the molecule is CCCCC1CN(Cc2cnn(C)c2)Cc2ccccc2O1. The second-order valence-corrected chi connectivity index (χ2v) is 6.18. The predicted octanol–water partition coefficient (Wildman–Crippen LogP) is 3.37. The largest absolute Gasteiger partial charge is 0.489 e. The molecule has 0 spiro atoms. The summed E-state index contributed by atoms with van der Waals surface area (Å²) in [4.78, 5) is 2.48. The minimum absolute atomic E-state index is 0.278. The van der Waals surface area contributed by atoms with Crippen LogP contribution < -0.4 is 4.74 Å². The van der Waals surface area contributed by atoms with E-state index in [0.29, 0.717) is 0 Å². The quantitative estimate of drug-likeness (QED) is 0.848. The summed E-state index contributed by atoms with van der Waals surface area (Å²) in [5.74, 6) is 1.05. The second kappa shape index (κ2) is 6.97. The summed E-state index contributed by atoms with van der Waals surface area (Å²) in [6.07, 6.45) is 7.88. The van der Waals surface area contributed by atoms with Crippen molar-refractivity contribution in [3.05, 3.63) is 47.8 Å². The van der Waals surface area contributed by atoms with E-state index in [2.05, 4.69) is 47.4 Å². The van der Waals surface area contributed by atoms with Gasteiger partial charge in [0.1, 0.15) is 11.9 Å². The second-order valence-electron chi connectivity index (χ2n) is 6.18. The minimum Gasteiger partial charge on any atom is -0.489 e. The zero-order valence-electron chi connectivity index (χ0n) is 13.5. The van der Waals surface area contributed by atoms with Gasteiger partial charge in [-0.15, -0.1) is 0 Å². The molecule has 1 atom stereocenters. The minimum atomic E-state index is 0.278. The van der Waals surface area contributed by atoms with Crippen molar-refractivity contribution in [2.45, 2.75) is 45.4 Å². The van der Waals surface area contributed by atoms with Crippen molar-refractivity contribution in [2.75, 3.05) is 6.54 Å². The van der Waals surface area contributed by atoms with Crippen LogP contribution in [0.15, 0.2) is 36.7 Å². The van der Waals surface area contributed by atoms with Gasteiger partial charge in [-0.25, -0.2) is 0 Å². The summed E-state index contributed by atoms with van der Waals surface area (Å²) >= 11 is 0. The molecule has 1 aliphatic rings. The molecule has 22 heavy (non-hydrogen) atoms. The number of unbranched alkanes of at least 4 members (excludes halogenated alkanes) is 1. The molecule has 0 amide bonds. The lowest BCUT2D eigenvalue weighted by Gasteiger charge is -2.23. The van der Waals surface area contributed by atoms with Gasteiger partial charge in [0.15, 0.2) is 0 Å². The van der Waals surface area contributed by atoms with Crippen LogP contribution in [0.1, 0.15) is 37.3 Å². The first-order valence-corrected chi connectivity index (χ1v) is 8.19. The van der Waals surface area contributed by atoms with E-state index in [-0.39, 0.29) is 6.10 Å². The van der Waals surface area contributed by atoms with Crippen LogP contribution in [0, 0.1) is 0 Å². The Labute approximate surface area is 132 Å². The summed E-state index contributed by atoms with van der Waals surface area (Å²) in [5, 5.41) is 4.28. The lowest BCUT2D eigenvalue weighted by atomic mass is 10.1. The van der Waals surface area contributed by atoms with E-state index < -0.39 is 0 Å². The van der Waals surface area contributed by atoms with E-state index >= 15 is 0 Å². The van der Waals surface area contributed by atoms with Gasteiger partial charge in [0, 0.05) is 44.0 Å². The lowest BCUT2D eigenvalue weighted by Crippen LogP contribution is -2.32. The fraction of sp³-hybridized carbons (Fsp3) is 0.500. The highest BCUT2D eigenvalue weighted by Gasteiger charge is 2.22. The van der Waals surface area contributed by atoms with Crippen LogP contribution in [0.5, 0.6) is 5.75 Å². The highest BCUT2D eigenvalue weighted by Crippen LogP contribution is 2.27. The average Bonchev–Trinajstić information content (AvgIpc) is 2.82. The molecule has 1 unspecified atom stereocenters. The monoisotopic (exact) mass is 299 g/mol. The summed E-state index contributed by atoms with van der Waals surface area (Å²) in [7, 11) is 1.97. The first kappa shape index (κ1) is 15.1. The van der Waals surface area contributed by atoms with Crippen LogP contribution in [0.3, 0.4) is 0 Å². The van der Waals surface area contributed by atoms with Crippen LogP contribution in [0.25, 0.3) is 0 Å². The highest BCUT2D eigenvalue weighted by molar-refractivity contribution is 5.34. The molecule has 0 bridgehead atoms. The number of aromatic nitrogens is 2. The topological polar surface area (TPSA) is 30.3 Å². The van der Waals surface area contributed by atoms with Gasteiger partial charge in [0.05, 0.1) is 6.20 Å². The Bertz CT molecular complexity index is 608. The Hall–Kier alpha value is -1.81. The predicted molar refractivity (Wildman–Crippen MR) is 87.7 cm³/mol. The molecule has 2 heterocycles. The van der Waals surface area contributed by atoms with Crippen LogP contribution in [-0.4, -0.2) is 27.3 Å². The number of hydrogen-bond acceptors (Lipinski definition) is 3. The summed E-state index contributed by atoms with van der Waals surface area (Å²) in [6, 6.07) is 8.43. The van der Waals surface area contributed by atoms with Crippen molar-refractivity contribution in [1.82, 2.24) is 14.7 Å². The summed E-state index contributed by atoms with van der Waals surface area (Å²) in [6.45, 7) is 5.07. The van der Waals surface area contributed by atoms with Gasteiger partial charge in [0.2, 0.25) is 0 Å². The Morgan fingerprint density at radius 3 is 2.95 bits per heavy atom. The summed E-state index contributed by atoms with van der Waals surface area (Å²) in [5.41, 5.74) is 2.54. The van der Waals surface area contributed by atoms with Gasteiger partial charge >= 0.3 is 0 Å². The van der Waals surface area contributed by atoms with E-state index in [9.17, 15) is 0 Å². The third kappa shape index (κ3) is 3.69. The molecular formula is C18H25N3O. The first-order chi connectivity index (χ1) is 10.7. The fourth-order valence-electron chi connectivity index (χ4n) is 3.07. The normalized spacial score (nSPS) is 18.5. The van der Waals surface area contributed by atoms with Gasteiger partial charge in [-0.3, -0.25) is 9.58 Å². The van der Waals surface area contributed by atoms with E-state index in [1.165, 1.54) is 24.0 Å². The maximum absolute atomic E-state index is 6.27. The molecule has 0 saturated carbocycles. The Morgan fingerprint density at radius 2 is 2.18 bits per heavy atom. The van der Waals surface area contributed by atoms with Crippen LogP contribution >= 0.6 is 0 Å². The van der Waals surface area contributed by atoms with E-state index in [1.807, 2.05) is 17.9 Å². The molecule has 1 aliphatic heterocycles. The zero-order chi connectivity index (χ0) is 15.4. The van der Waals surface area contributed by atoms with E-state index in [0.717, 1.165) is 31.8 Å². The third-order valence-corrected chi connectivity index (χ3v) is 4.17.